The predicted octanol–water partition coefficient (Wildman–Crippen LogP) is 2.73. The van der Waals surface area contributed by atoms with Crippen LogP contribution in [0.2, 0.25) is 5.02 Å². The van der Waals surface area contributed by atoms with Gasteiger partial charge in [-0.2, -0.15) is 0 Å². The minimum Gasteiger partial charge on any atom is -0.350 e. The molecule has 0 saturated carbocycles. The molecule has 1 atom stereocenters. The summed E-state index contributed by atoms with van der Waals surface area (Å²) in [5.41, 5.74) is 1.91. The molecular formula is C19H20ClN5O. The van der Waals surface area contributed by atoms with Crippen molar-refractivity contribution in [2.75, 3.05) is 18.0 Å². The summed E-state index contributed by atoms with van der Waals surface area (Å²) in [5.74, 6) is 0.494. The minimum atomic E-state index is -0.141. The molecule has 1 saturated heterocycles. The zero-order valence-corrected chi connectivity index (χ0v) is 15.0. The number of nitrogens with one attached hydrogen (secondary N) is 2. The summed E-state index contributed by atoms with van der Waals surface area (Å²) >= 11 is 6.26. The van der Waals surface area contributed by atoms with Crippen molar-refractivity contribution in [3.05, 3.63) is 63.8 Å². The number of halogens is 1. The molecule has 6 nitrogen and oxygen atoms in total. The first-order chi connectivity index (χ1) is 12.7. The van der Waals surface area contributed by atoms with Crippen molar-refractivity contribution in [2.24, 2.45) is 0 Å². The summed E-state index contributed by atoms with van der Waals surface area (Å²) in [6.45, 7) is 2.29. The summed E-state index contributed by atoms with van der Waals surface area (Å²) in [6, 6.07) is 8.12. The Labute approximate surface area is 156 Å². The second kappa shape index (κ2) is 7.43. The number of hydrogen-bond acceptors (Lipinski definition) is 5. The van der Waals surface area contributed by atoms with Gasteiger partial charge in [0.25, 0.3) is 5.56 Å². The highest BCUT2D eigenvalue weighted by atomic mass is 35.5. The molecule has 7 heteroatoms. The van der Waals surface area contributed by atoms with Crippen LogP contribution in [0.5, 0.6) is 0 Å². The Bertz CT molecular complexity index is 973. The Morgan fingerprint density at radius 2 is 2.23 bits per heavy atom. The van der Waals surface area contributed by atoms with E-state index in [2.05, 4.69) is 20.3 Å². The van der Waals surface area contributed by atoms with Crippen LogP contribution in [0.15, 0.2) is 47.7 Å². The zero-order chi connectivity index (χ0) is 17.9. The number of H-pyrrole nitrogens is 1. The van der Waals surface area contributed by atoms with Crippen LogP contribution in [0.3, 0.4) is 0 Å². The minimum absolute atomic E-state index is 0.141. The Hall–Kier alpha value is -2.44. The fourth-order valence-electron chi connectivity index (χ4n) is 3.52. The van der Waals surface area contributed by atoms with E-state index in [9.17, 15) is 4.79 Å². The highest BCUT2D eigenvalue weighted by Gasteiger charge is 2.22. The van der Waals surface area contributed by atoms with E-state index in [1.807, 2.05) is 29.2 Å². The van der Waals surface area contributed by atoms with Gasteiger partial charge in [-0.05, 0) is 36.6 Å². The number of anilines is 1. The van der Waals surface area contributed by atoms with E-state index in [1.54, 1.807) is 18.6 Å². The molecule has 3 aromatic rings. The van der Waals surface area contributed by atoms with E-state index >= 15 is 0 Å². The van der Waals surface area contributed by atoms with E-state index in [4.69, 9.17) is 11.6 Å². The Kier molecular flexibility index (Phi) is 4.86. The van der Waals surface area contributed by atoms with Gasteiger partial charge in [0.15, 0.2) is 5.82 Å². The molecule has 1 aromatic carbocycles. The number of aromatic amines is 1. The van der Waals surface area contributed by atoms with Crippen LogP contribution < -0.4 is 15.8 Å². The summed E-state index contributed by atoms with van der Waals surface area (Å²) < 4.78 is 0. The van der Waals surface area contributed by atoms with E-state index in [1.165, 1.54) is 0 Å². The van der Waals surface area contributed by atoms with Gasteiger partial charge in [-0.15, -0.1) is 0 Å². The van der Waals surface area contributed by atoms with Crippen molar-refractivity contribution in [1.82, 2.24) is 20.3 Å². The summed E-state index contributed by atoms with van der Waals surface area (Å²) in [5, 5.41) is 5.36. The van der Waals surface area contributed by atoms with Crippen molar-refractivity contribution in [2.45, 2.75) is 25.4 Å². The third-order valence-electron chi connectivity index (χ3n) is 4.74. The van der Waals surface area contributed by atoms with Crippen LogP contribution >= 0.6 is 11.6 Å². The first kappa shape index (κ1) is 17.0. The van der Waals surface area contributed by atoms with Gasteiger partial charge in [0.05, 0.1) is 5.52 Å². The summed E-state index contributed by atoms with van der Waals surface area (Å²) in [4.78, 5) is 25.5. The number of aromatic nitrogens is 3. The van der Waals surface area contributed by atoms with E-state index in [0.717, 1.165) is 42.4 Å². The maximum absolute atomic E-state index is 12.0. The molecule has 0 unspecified atom stereocenters. The second-order valence-corrected chi connectivity index (χ2v) is 6.98. The molecule has 1 fully saturated rings. The van der Waals surface area contributed by atoms with Crippen LogP contribution in [0.1, 0.15) is 18.4 Å². The fourth-order valence-corrected chi connectivity index (χ4v) is 3.77. The number of fused-ring (bicyclic) bond motifs is 1. The van der Waals surface area contributed by atoms with Gasteiger partial charge < -0.3 is 15.2 Å². The van der Waals surface area contributed by atoms with E-state index < -0.39 is 0 Å². The number of nitrogens with zero attached hydrogens (tertiary/aromatic N) is 3. The normalized spacial score (nSPS) is 17.6. The van der Waals surface area contributed by atoms with Crippen molar-refractivity contribution < 1.29 is 0 Å². The molecule has 1 aliphatic heterocycles. The van der Waals surface area contributed by atoms with Gasteiger partial charge >= 0.3 is 0 Å². The molecule has 2 N–H and O–H groups in total. The molecule has 0 radical (unpaired) electrons. The number of pyridine rings is 1. The number of benzene rings is 1. The van der Waals surface area contributed by atoms with Crippen molar-refractivity contribution in [3.8, 4) is 0 Å². The van der Waals surface area contributed by atoms with Gasteiger partial charge in [0, 0.05) is 54.7 Å². The van der Waals surface area contributed by atoms with Gasteiger partial charge in [0.1, 0.15) is 0 Å². The summed E-state index contributed by atoms with van der Waals surface area (Å²) in [7, 11) is 0. The van der Waals surface area contributed by atoms with Crippen LogP contribution in [0.25, 0.3) is 10.9 Å². The maximum atomic E-state index is 12.0. The van der Waals surface area contributed by atoms with E-state index in [0.29, 0.717) is 17.4 Å². The maximum Gasteiger partial charge on any atom is 0.290 e. The third kappa shape index (κ3) is 3.57. The average molecular weight is 370 g/mol. The number of piperidine rings is 1. The van der Waals surface area contributed by atoms with Crippen LogP contribution in [-0.4, -0.2) is 34.1 Å². The molecule has 0 bridgehead atoms. The molecule has 3 heterocycles. The lowest BCUT2D eigenvalue weighted by Crippen LogP contribution is -2.47. The highest BCUT2D eigenvalue weighted by molar-refractivity contribution is 6.31. The Morgan fingerprint density at radius 3 is 3.12 bits per heavy atom. The van der Waals surface area contributed by atoms with Crippen LogP contribution in [0, 0.1) is 0 Å². The molecule has 1 aliphatic rings. The standard InChI is InChI=1S/C19H20ClN5O/c20-15-9-13-3-1-5-21-17(13)14(10-15)11-24-16-4-2-8-25(12-16)18-19(26)23-7-6-22-18/h1,3,5-7,9-10,16,24H,2,4,8,11-12H2,(H,23,26)/t16-/m0/s1. The summed E-state index contributed by atoms with van der Waals surface area (Å²) in [6.07, 6.45) is 7.06. The molecule has 2 aromatic heterocycles. The van der Waals surface area contributed by atoms with Gasteiger partial charge in [0.2, 0.25) is 0 Å². The molecular weight excluding hydrogens is 350 g/mol. The lowest BCUT2D eigenvalue weighted by Gasteiger charge is -2.33. The molecule has 26 heavy (non-hydrogen) atoms. The molecule has 0 amide bonds. The Morgan fingerprint density at radius 1 is 1.31 bits per heavy atom. The molecule has 0 aliphatic carbocycles. The Balaban J connectivity index is 1.48. The molecule has 0 spiro atoms. The monoisotopic (exact) mass is 369 g/mol. The van der Waals surface area contributed by atoms with E-state index in [-0.39, 0.29) is 11.6 Å². The van der Waals surface area contributed by atoms with Gasteiger partial charge in [-0.25, -0.2) is 4.98 Å². The highest BCUT2D eigenvalue weighted by Crippen LogP contribution is 2.23. The lowest BCUT2D eigenvalue weighted by atomic mass is 10.0. The van der Waals surface area contributed by atoms with Crippen molar-refractivity contribution in [1.29, 1.82) is 0 Å². The average Bonchev–Trinajstić information content (AvgIpc) is 2.66. The first-order valence-corrected chi connectivity index (χ1v) is 9.14. The van der Waals surface area contributed by atoms with Crippen molar-refractivity contribution in [3.63, 3.8) is 0 Å². The molecule has 134 valence electrons. The second-order valence-electron chi connectivity index (χ2n) is 6.55. The topological polar surface area (TPSA) is 73.9 Å². The van der Waals surface area contributed by atoms with Gasteiger partial charge in [-0.1, -0.05) is 17.7 Å². The smallest absolute Gasteiger partial charge is 0.290 e. The predicted molar refractivity (Wildman–Crippen MR) is 104 cm³/mol. The van der Waals surface area contributed by atoms with Crippen LogP contribution in [-0.2, 0) is 6.54 Å². The zero-order valence-electron chi connectivity index (χ0n) is 14.3. The SMILES string of the molecule is O=c1[nH]ccnc1N1CCC[C@H](NCc2cc(Cl)cc3cccnc23)C1. The number of hydrogen-bond donors (Lipinski definition) is 2. The fraction of sp³-hybridized carbons (Fsp3) is 0.316. The van der Waals surface area contributed by atoms with Crippen molar-refractivity contribution >= 4 is 28.3 Å². The first-order valence-electron chi connectivity index (χ1n) is 8.76. The van der Waals surface area contributed by atoms with Gasteiger partial charge in [-0.3, -0.25) is 9.78 Å². The van der Waals surface area contributed by atoms with Crippen LogP contribution in [0.4, 0.5) is 5.82 Å². The lowest BCUT2D eigenvalue weighted by molar-refractivity contribution is 0.420. The molecule has 4 rings (SSSR count). The third-order valence-corrected chi connectivity index (χ3v) is 4.96. The largest absolute Gasteiger partial charge is 0.350 e. The number of rotatable bonds is 4. The quantitative estimate of drug-likeness (QED) is 0.739.